The first-order chi connectivity index (χ1) is 17.2. The molecule has 2 aromatic heterocycles. The van der Waals surface area contributed by atoms with Gasteiger partial charge >= 0.3 is 6.09 Å². The van der Waals surface area contributed by atoms with E-state index in [1.54, 1.807) is 39.8 Å². The summed E-state index contributed by atoms with van der Waals surface area (Å²) in [5, 5.41) is 0.821. The number of hydrogen-bond donors (Lipinski definition) is 0. The molecule has 3 heterocycles. The number of aromatic nitrogens is 2. The van der Waals surface area contributed by atoms with Crippen LogP contribution in [0.25, 0.3) is 22.3 Å². The lowest BCUT2D eigenvalue weighted by Gasteiger charge is -2.41. The summed E-state index contributed by atoms with van der Waals surface area (Å²) >= 11 is 0. The summed E-state index contributed by atoms with van der Waals surface area (Å²) in [7, 11) is 0. The molecule has 0 spiro atoms. The molecule has 1 atom stereocenters. The van der Waals surface area contributed by atoms with Crippen molar-refractivity contribution in [3.63, 3.8) is 0 Å². The molecule has 0 bridgehead atoms. The highest BCUT2D eigenvalue weighted by Crippen LogP contribution is 2.32. The zero-order chi connectivity index (χ0) is 27.1. The molecule has 1 amide bonds. The first kappa shape index (κ1) is 26.6. The summed E-state index contributed by atoms with van der Waals surface area (Å²) in [5.41, 5.74) is 1.29. The van der Waals surface area contributed by atoms with E-state index in [1.807, 2.05) is 33.8 Å². The van der Waals surface area contributed by atoms with Crippen LogP contribution in [-0.4, -0.2) is 51.8 Å². The van der Waals surface area contributed by atoms with Crippen LogP contribution in [0.1, 0.15) is 48.5 Å². The van der Waals surface area contributed by atoms with Crippen LogP contribution in [-0.2, 0) is 11.3 Å². The van der Waals surface area contributed by atoms with Crippen molar-refractivity contribution in [3.8, 4) is 11.3 Å². The number of fused-ring (bicyclic) bond motifs is 1. The summed E-state index contributed by atoms with van der Waals surface area (Å²) < 4.78 is 21.8. The van der Waals surface area contributed by atoms with Gasteiger partial charge in [-0.15, -0.1) is 0 Å². The van der Waals surface area contributed by atoms with Gasteiger partial charge in [-0.2, -0.15) is 0 Å². The number of ether oxygens (including phenoxy) is 1. The highest BCUT2D eigenvalue weighted by Gasteiger charge is 2.31. The third-order valence-corrected chi connectivity index (χ3v) is 6.30. The van der Waals surface area contributed by atoms with Crippen LogP contribution in [0.2, 0.25) is 0 Å². The van der Waals surface area contributed by atoms with Gasteiger partial charge in [-0.1, -0.05) is 32.9 Å². The van der Waals surface area contributed by atoms with Crippen LogP contribution in [0.3, 0.4) is 0 Å². The Morgan fingerprint density at radius 1 is 1.08 bits per heavy atom. The van der Waals surface area contributed by atoms with Crippen LogP contribution >= 0.6 is 0 Å². The predicted octanol–water partition coefficient (Wildman–Crippen LogP) is 5.69. The maximum atomic E-state index is 14.6. The number of halogens is 1. The molecule has 0 aliphatic carbocycles. The molecule has 1 aliphatic heterocycles. The molecule has 1 aliphatic rings. The third-order valence-electron chi connectivity index (χ3n) is 6.30. The molecule has 0 radical (unpaired) electrons. The fourth-order valence-corrected chi connectivity index (χ4v) is 4.72. The van der Waals surface area contributed by atoms with E-state index in [0.717, 1.165) is 11.1 Å². The van der Waals surface area contributed by atoms with Gasteiger partial charge in [0, 0.05) is 49.2 Å². The number of benzene rings is 1. The minimum absolute atomic E-state index is 0.0476. The van der Waals surface area contributed by atoms with Crippen molar-refractivity contribution >= 4 is 22.8 Å². The van der Waals surface area contributed by atoms with E-state index in [1.165, 1.54) is 6.07 Å². The number of carbonyl (C=O) groups excluding carboxylic acids is 1. The molecule has 0 saturated carbocycles. The van der Waals surface area contributed by atoms with Crippen LogP contribution < -0.4 is 10.5 Å². The highest BCUT2D eigenvalue weighted by molar-refractivity contribution is 5.91. The van der Waals surface area contributed by atoms with Gasteiger partial charge in [-0.05, 0) is 57.4 Å². The maximum absolute atomic E-state index is 14.6. The van der Waals surface area contributed by atoms with Gasteiger partial charge < -0.3 is 14.5 Å². The average molecular weight is 509 g/mol. The average Bonchev–Trinajstić information content (AvgIpc) is 2.79. The number of carbonyl (C=O) groups is 1. The van der Waals surface area contributed by atoms with Gasteiger partial charge in [0.2, 0.25) is 0 Å². The van der Waals surface area contributed by atoms with E-state index in [4.69, 9.17) is 9.72 Å². The summed E-state index contributed by atoms with van der Waals surface area (Å²) in [6.45, 7) is 15.8. The first-order valence-corrected chi connectivity index (χ1v) is 12.8. The fourth-order valence-electron chi connectivity index (χ4n) is 4.72. The van der Waals surface area contributed by atoms with Crippen molar-refractivity contribution in [2.24, 2.45) is 5.41 Å². The molecule has 4 rings (SSSR count). The third kappa shape index (κ3) is 5.95. The summed E-state index contributed by atoms with van der Waals surface area (Å²) in [6, 6.07) is 11.9. The summed E-state index contributed by atoms with van der Waals surface area (Å²) in [5.74, 6) is -0.359. The largest absolute Gasteiger partial charge is 0.444 e. The number of amides is 1. The fraction of sp³-hybridized carbons (Fsp3) is 0.483. The Bertz CT molecular complexity index is 1370. The second kappa shape index (κ2) is 9.80. The van der Waals surface area contributed by atoms with Crippen molar-refractivity contribution in [1.29, 1.82) is 0 Å². The van der Waals surface area contributed by atoms with Gasteiger partial charge in [0.05, 0.1) is 11.4 Å². The Hall–Kier alpha value is -3.42. The molecular formula is C29H37FN4O3. The Balaban J connectivity index is 1.77. The molecule has 1 saturated heterocycles. The molecule has 7 nitrogen and oxygen atoms in total. The molecule has 0 N–H and O–H groups in total. The van der Waals surface area contributed by atoms with E-state index in [-0.39, 0.29) is 28.9 Å². The standard InChI is InChI=1S/C29H37FN4O3/c1-19-17-32(27(36)37-29(5,6)7)14-15-33(19)24-16-25(35)34(18-28(2,3)4)26-21(24)12-13-23(31-26)20-10-8-9-11-22(20)30/h8-13,16,19H,14-15,17-18H2,1-7H3. The molecule has 1 fully saturated rings. The van der Waals surface area contributed by atoms with E-state index >= 15 is 0 Å². The quantitative estimate of drug-likeness (QED) is 0.454. The number of rotatable bonds is 3. The number of nitrogens with zero attached hydrogens (tertiary/aromatic N) is 4. The van der Waals surface area contributed by atoms with Crippen molar-refractivity contribution in [1.82, 2.24) is 14.5 Å². The van der Waals surface area contributed by atoms with Crippen molar-refractivity contribution < 1.29 is 13.9 Å². The lowest BCUT2D eigenvalue weighted by molar-refractivity contribution is 0.0219. The number of hydrogen-bond acceptors (Lipinski definition) is 5. The van der Waals surface area contributed by atoms with Crippen molar-refractivity contribution in [2.45, 2.75) is 66.7 Å². The van der Waals surface area contributed by atoms with Gasteiger partial charge in [0.25, 0.3) is 5.56 Å². The van der Waals surface area contributed by atoms with Crippen LogP contribution in [0.15, 0.2) is 47.3 Å². The van der Waals surface area contributed by atoms with E-state index in [2.05, 4.69) is 25.7 Å². The smallest absolute Gasteiger partial charge is 0.410 e. The minimum Gasteiger partial charge on any atom is -0.444 e. The molecule has 8 heteroatoms. The maximum Gasteiger partial charge on any atom is 0.410 e. The first-order valence-electron chi connectivity index (χ1n) is 12.8. The van der Waals surface area contributed by atoms with Crippen LogP contribution in [0.4, 0.5) is 14.9 Å². The zero-order valence-electron chi connectivity index (χ0n) is 22.8. The molecule has 1 aromatic carbocycles. The second-order valence-electron chi connectivity index (χ2n) is 12.0. The Labute approximate surface area is 217 Å². The Morgan fingerprint density at radius 2 is 1.78 bits per heavy atom. The lowest BCUT2D eigenvalue weighted by atomic mass is 9.96. The van der Waals surface area contributed by atoms with E-state index < -0.39 is 5.60 Å². The Kier molecular flexibility index (Phi) is 7.06. The molecule has 37 heavy (non-hydrogen) atoms. The van der Waals surface area contributed by atoms with Crippen molar-refractivity contribution in [3.05, 3.63) is 58.6 Å². The zero-order valence-corrected chi connectivity index (χ0v) is 22.8. The minimum atomic E-state index is -0.563. The van der Waals surface area contributed by atoms with Gasteiger partial charge in [-0.3, -0.25) is 9.36 Å². The highest BCUT2D eigenvalue weighted by atomic mass is 19.1. The van der Waals surface area contributed by atoms with Gasteiger partial charge in [0.15, 0.2) is 0 Å². The topological polar surface area (TPSA) is 67.7 Å². The van der Waals surface area contributed by atoms with Crippen molar-refractivity contribution in [2.75, 3.05) is 24.5 Å². The van der Waals surface area contributed by atoms with Gasteiger partial charge in [0.1, 0.15) is 17.1 Å². The molecular weight excluding hydrogens is 471 g/mol. The Morgan fingerprint density at radius 3 is 2.41 bits per heavy atom. The SMILES string of the molecule is CC1CN(C(=O)OC(C)(C)C)CCN1c1cc(=O)n(CC(C)(C)C)c2nc(-c3ccccc3F)ccc12. The van der Waals surface area contributed by atoms with Crippen LogP contribution in [0.5, 0.6) is 0 Å². The number of anilines is 1. The number of piperazine rings is 1. The molecule has 1 unspecified atom stereocenters. The van der Waals surface area contributed by atoms with Gasteiger partial charge in [-0.25, -0.2) is 14.2 Å². The van der Waals surface area contributed by atoms with Crippen LogP contribution in [0, 0.1) is 11.2 Å². The second-order valence-corrected chi connectivity index (χ2v) is 12.0. The van der Waals surface area contributed by atoms with E-state index in [9.17, 15) is 14.0 Å². The predicted molar refractivity (Wildman–Crippen MR) is 145 cm³/mol. The number of pyridine rings is 2. The van der Waals surface area contributed by atoms with E-state index in [0.29, 0.717) is 43.1 Å². The monoisotopic (exact) mass is 508 g/mol. The normalized spacial score (nSPS) is 16.8. The lowest BCUT2D eigenvalue weighted by Crippen LogP contribution is -2.54. The molecule has 3 aromatic rings. The molecule has 198 valence electrons. The summed E-state index contributed by atoms with van der Waals surface area (Å²) in [6.07, 6.45) is -0.333. The summed E-state index contributed by atoms with van der Waals surface area (Å²) in [4.78, 5) is 34.8.